The summed E-state index contributed by atoms with van der Waals surface area (Å²) in [7, 11) is -3.38. The van der Waals surface area contributed by atoms with Crippen molar-refractivity contribution in [2.75, 3.05) is 19.7 Å². The molecule has 0 saturated carbocycles. The zero-order chi connectivity index (χ0) is 15.3. The molecule has 0 aromatic heterocycles. The standard InChI is InChI=1S/C16H21NO3S/c1-14-13-16(9-8-15(14)7-3-6-12-18)21(19,20)17-10-4-2-5-11-17/h8-9,13,18H,2,4-6,10-12H2,1H3. The number of aryl methyl sites for hydroxylation is 1. The Labute approximate surface area is 126 Å². The fourth-order valence-electron chi connectivity index (χ4n) is 2.40. The van der Waals surface area contributed by atoms with Crippen molar-refractivity contribution in [3.63, 3.8) is 0 Å². The summed E-state index contributed by atoms with van der Waals surface area (Å²) in [6.45, 7) is 3.12. The molecule has 0 radical (unpaired) electrons. The second kappa shape index (κ2) is 7.08. The van der Waals surface area contributed by atoms with Crippen molar-refractivity contribution in [1.29, 1.82) is 0 Å². The molecule has 1 fully saturated rings. The van der Waals surface area contributed by atoms with Gasteiger partial charge in [0, 0.05) is 25.1 Å². The van der Waals surface area contributed by atoms with Crippen molar-refractivity contribution in [3.05, 3.63) is 29.3 Å². The predicted molar refractivity (Wildman–Crippen MR) is 82.4 cm³/mol. The highest BCUT2D eigenvalue weighted by Crippen LogP contribution is 2.22. The van der Waals surface area contributed by atoms with Gasteiger partial charge in [0.2, 0.25) is 10.0 Å². The van der Waals surface area contributed by atoms with E-state index in [2.05, 4.69) is 11.8 Å². The Bertz CT molecular complexity index is 650. The lowest BCUT2D eigenvalue weighted by Crippen LogP contribution is -2.35. The predicted octanol–water partition coefficient (Wildman–Crippen LogP) is 1.90. The van der Waals surface area contributed by atoms with Crippen LogP contribution in [0.5, 0.6) is 0 Å². The van der Waals surface area contributed by atoms with Crippen molar-refractivity contribution in [2.24, 2.45) is 0 Å². The van der Waals surface area contributed by atoms with Gasteiger partial charge in [0.1, 0.15) is 0 Å². The van der Waals surface area contributed by atoms with Crippen LogP contribution in [0.1, 0.15) is 36.8 Å². The molecule has 1 aliphatic rings. The number of benzene rings is 1. The molecule has 1 heterocycles. The minimum Gasteiger partial charge on any atom is -0.395 e. The molecule has 5 heteroatoms. The quantitative estimate of drug-likeness (QED) is 0.868. The lowest BCUT2D eigenvalue weighted by atomic mass is 10.1. The Balaban J connectivity index is 2.25. The maximum absolute atomic E-state index is 12.6. The molecule has 0 amide bonds. The molecule has 0 unspecified atom stereocenters. The van der Waals surface area contributed by atoms with Crippen LogP contribution in [0, 0.1) is 18.8 Å². The van der Waals surface area contributed by atoms with Gasteiger partial charge in [-0.3, -0.25) is 0 Å². The fourth-order valence-corrected chi connectivity index (χ4v) is 4.01. The fraction of sp³-hybridized carbons (Fsp3) is 0.500. The van der Waals surface area contributed by atoms with Crippen LogP contribution in [0.25, 0.3) is 0 Å². The average Bonchev–Trinajstić information content (AvgIpc) is 2.50. The maximum Gasteiger partial charge on any atom is 0.243 e. The summed E-state index contributed by atoms with van der Waals surface area (Å²) in [6.07, 6.45) is 3.39. The molecule has 21 heavy (non-hydrogen) atoms. The van der Waals surface area contributed by atoms with E-state index in [0.717, 1.165) is 30.4 Å². The van der Waals surface area contributed by atoms with Gasteiger partial charge in [0.25, 0.3) is 0 Å². The van der Waals surface area contributed by atoms with E-state index in [9.17, 15) is 8.42 Å². The van der Waals surface area contributed by atoms with Crippen molar-refractivity contribution >= 4 is 10.0 Å². The Morgan fingerprint density at radius 1 is 1.24 bits per heavy atom. The second-order valence-electron chi connectivity index (χ2n) is 5.22. The van der Waals surface area contributed by atoms with E-state index in [4.69, 9.17) is 5.11 Å². The molecule has 2 rings (SSSR count). The Kier molecular flexibility index (Phi) is 5.40. The van der Waals surface area contributed by atoms with Gasteiger partial charge in [-0.15, -0.1) is 0 Å². The summed E-state index contributed by atoms with van der Waals surface area (Å²) < 4.78 is 26.7. The van der Waals surface area contributed by atoms with Gasteiger partial charge in [0.05, 0.1) is 11.5 Å². The third-order valence-corrected chi connectivity index (χ3v) is 5.51. The van der Waals surface area contributed by atoms with Gasteiger partial charge in [0.15, 0.2) is 0 Å². The van der Waals surface area contributed by atoms with Crippen molar-refractivity contribution in [2.45, 2.75) is 37.5 Å². The van der Waals surface area contributed by atoms with Crippen LogP contribution in [0.2, 0.25) is 0 Å². The molecule has 1 aromatic rings. The summed E-state index contributed by atoms with van der Waals surface area (Å²) >= 11 is 0. The SMILES string of the molecule is Cc1cc(S(=O)(=O)N2CCCCC2)ccc1C#CCCO. The summed E-state index contributed by atoms with van der Waals surface area (Å²) in [5.74, 6) is 5.81. The highest BCUT2D eigenvalue weighted by molar-refractivity contribution is 7.89. The first-order chi connectivity index (χ1) is 10.1. The lowest BCUT2D eigenvalue weighted by molar-refractivity contribution is 0.305. The molecule has 0 atom stereocenters. The van der Waals surface area contributed by atoms with Crippen LogP contribution < -0.4 is 0 Å². The summed E-state index contributed by atoms with van der Waals surface area (Å²) in [4.78, 5) is 0.342. The van der Waals surface area contributed by atoms with Crippen LogP contribution >= 0.6 is 0 Å². The van der Waals surface area contributed by atoms with E-state index >= 15 is 0 Å². The number of piperidine rings is 1. The molecule has 0 spiro atoms. The molecular weight excluding hydrogens is 286 g/mol. The summed E-state index contributed by atoms with van der Waals surface area (Å²) in [6, 6.07) is 5.06. The first-order valence-electron chi connectivity index (χ1n) is 7.26. The first-order valence-corrected chi connectivity index (χ1v) is 8.70. The molecule has 1 aromatic carbocycles. The topological polar surface area (TPSA) is 57.6 Å². The third-order valence-electron chi connectivity index (χ3n) is 3.61. The van der Waals surface area contributed by atoms with Crippen LogP contribution in [-0.2, 0) is 10.0 Å². The van der Waals surface area contributed by atoms with Crippen LogP contribution in [0.4, 0.5) is 0 Å². The molecule has 0 aliphatic carbocycles. The van der Waals surface area contributed by atoms with E-state index in [1.807, 2.05) is 6.92 Å². The monoisotopic (exact) mass is 307 g/mol. The van der Waals surface area contributed by atoms with Gasteiger partial charge in [-0.05, 0) is 43.5 Å². The van der Waals surface area contributed by atoms with E-state index in [0.29, 0.717) is 24.4 Å². The number of sulfonamides is 1. The maximum atomic E-state index is 12.6. The van der Waals surface area contributed by atoms with E-state index in [1.54, 1.807) is 22.5 Å². The minimum absolute atomic E-state index is 0.0352. The highest BCUT2D eigenvalue weighted by Gasteiger charge is 2.25. The zero-order valence-corrected chi connectivity index (χ0v) is 13.1. The minimum atomic E-state index is -3.38. The molecule has 114 valence electrons. The Morgan fingerprint density at radius 2 is 1.95 bits per heavy atom. The van der Waals surface area contributed by atoms with Gasteiger partial charge in [-0.1, -0.05) is 18.3 Å². The number of aliphatic hydroxyl groups is 1. The van der Waals surface area contributed by atoms with E-state index < -0.39 is 10.0 Å². The Morgan fingerprint density at radius 3 is 2.57 bits per heavy atom. The first kappa shape index (κ1) is 16.0. The number of rotatable bonds is 3. The van der Waals surface area contributed by atoms with Gasteiger partial charge in [-0.25, -0.2) is 8.42 Å². The lowest BCUT2D eigenvalue weighted by Gasteiger charge is -2.26. The van der Waals surface area contributed by atoms with Crippen LogP contribution in [-0.4, -0.2) is 37.5 Å². The zero-order valence-electron chi connectivity index (χ0n) is 12.3. The van der Waals surface area contributed by atoms with E-state index in [-0.39, 0.29) is 6.61 Å². The third kappa shape index (κ3) is 3.85. The van der Waals surface area contributed by atoms with Crippen LogP contribution in [0.15, 0.2) is 23.1 Å². The number of nitrogens with zero attached hydrogens (tertiary/aromatic N) is 1. The number of hydrogen-bond donors (Lipinski definition) is 1. The van der Waals surface area contributed by atoms with Crippen LogP contribution in [0.3, 0.4) is 0 Å². The molecule has 1 N–H and O–H groups in total. The number of aliphatic hydroxyl groups excluding tert-OH is 1. The molecule has 1 aliphatic heterocycles. The molecule has 1 saturated heterocycles. The molecule has 0 bridgehead atoms. The van der Waals surface area contributed by atoms with Crippen molar-refractivity contribution < 1.29 is 13.5 Å². The van der Waals surface area contributed by atoms with Gasteiger partial charge >= 0.3 is 0 Å². The van der Waals surface area contributed by atoms with Gasteiger partial charge in [-0.2, -0.15) is 4.31 Å². The smallest absolute Gasteiger partial charge is 0.243 e. The highest BCUT2D eigenvalue weighted by atomic mass is 32.2. The summed E-state index contributed by atoms with van der Waals surface area (Å²) in [5, 5.41) is 8.72. The van der Waals surface area contributed by atoms with Gasteiger partial charge < -0.3 is 5.11 Å². The van der Waals surface area contributed by atoms with Crippen molar-refractivity contribution in [1.82, 2.24) is 4.31 Å². The average molecular weight is 307 g/mol. The largest absolute Gasteiger partial charge is 0.395 e. The van der Waals surface area contributed by atoms with E-state index in [1.165, 1.54) is 0 Å². The number of hydrogen-bond acceptors (Lipinski definition) is 3. The summed E-state index contributed by atoms with van der Waals surface area (Å²) in [5.41, 5.74) is 1.65. The molecule has 4 nitrogen and oxygen atoms in total. The van der Waals surface area contributed by atoms with Crippen molar-refractivity contribution in [3.8, 4) is 11.8 Å². The molecular formula is C16H21NO3S. The second-order valence-corrected chi connectivity index (χ2v) is 7.15. The Hall–Kier alpha value is -1.35. The normalized spacial score (nSPS) is 16.3.